The van der Waals surface area contributed by atoms with Crippen LogP contribution in [0.25, 0.3) is 10.2 Å². The van der Waals surface area contributed by atoms with Crippen LogP contribution in [0.2, 0.25) is 0 Å². The Morgan fingerprint density at radius 3 is 2.43 bits per heavy atom. The van der Waals surface area contributed by atoms with E-state index in [1.807, 2.05) is 27.7 Å². The maximum absolute atomic E-state index is 13.4. The second-order valence-electron chi connectivity index (χ2n) is 8.14. The minimum atomic E-state index is -0.310. The molecule has 0 aliphatic heterocycles. The third kappa shape index (κ3) is 4.44. The van der Waals surface area contributed by atoms with Gasteiger partial charge in [-0.25, -0.2) is 9.37 Å². The highest BCUT2D eigenvalue weighted by molar-refractivity contribution is 7.20. The average molecular weight is 432 g/mol. The minimum absolute atomic E-state index is 0.213. The first-order valence-corrected chi connectivity index (χ1v) is 10.4. The number of carbonyl (C=O) groups is 1. The lowest BCUT2D eigenvalue weighted by Gasteiger charge is -2.32. The van der Waals surface area contributed by atoms with E-state index in [-0.39, 0.29) is 29.8 Å². The molecule has 6 nitrogen and oxygen atoms in total. The van der Waals surface area contributed by atoms with Crippen molar-refractivity contribution in [1.82, 2.24) is 15.3 Å². The molecule has 0 bridgehead atoms. The standard InChI is InChI=1S/C22H26FN3O3S/c1-12-16-20(29-6)24-15(11-28-5)25-21(16)30-17(12)19(27)26-18(22(2,3)4)13-7-9-14(23)10-8-13/h7-10,18H,11H2,1-6H3,(H,26,27). The number of nitrogens with zero attached hydrogens (tertiary/aromatic N) is 2. The largest absolute Gasteiger partial charge is 0.480 e. The fraction of sp³-hybridized carbons (Fsp3) is 0.409. The van der Waals surface area contributed by atoms with Crippen molar-refractivity contribution in [3.63, 3.8) is 0 Å². The van der Waals surface area contributed by atoms with E-state index in [2.05, 4.69) is 15.3 Å². The Morgan fingerprint density at radius 2 is 1.87 bits per heavy atom. The van der Waals surface area contributed by atoms with Gasteiger partial charge in [-0.1, -0.05) is 32.9 Å². The van der Waals surface area contributed by atoms with Gasteiger partial charge in [0.05, 0.1) is 23.4 Å². The van der Waals surface area contributed by atoms with Crippen LogP contribution in [0.4, 0.5) is 4.39 Å². The molecule has 160 valence electrons. The molecule has 1 N–H and O–H groups in total. The molecule has 0 saturated heterocycles. The summed E-state index contributed by atoms with van der Waals surface area (Å²) in [6.45, 7) is 8.21. The van der Waals surface area contributed by atoms with Crippen LogP contribution in [0.5, 0.6) is 5.88 Å². The summed E-state index contributed by atoms with van der Waals surface area (Å²) in [5, 5.41) is 3.85. The summed E-state index contributed by atoms with van der Waals surface area (Å²) in [5.74, 6) is 0.394. The second kappa shape index (κ2) is 8.65. The first kappa shape index (κ1) is 22.1. The highest BCUT2D eigenvalue weighted by atomic mass is 32.1. The van der Waals surface area contributed by atoms with E-state index in [1.165, 1.54) is 23.5 Å². The van der Waals surface area contributed by atoms with Crippen LogP contribution in [0.1, 0.15) is 53.4 Å². The highest BCUT2D eigenvalue weighted by Crippen LogP contribution is 2.37. The Morgan fingerprint density at radius 1 is 1.20 bits per heavy atom. The van der Waals surface area contributed by atoms with Crippen LogP contribution in [-0.4, -0.2) is 30.1 Å². The molecule has 1 aromatic carbocycles. The van der Waals surface area contributed by atoms with E-state index in [0.29, 0.717) is 21.4 Å². The van der Waals surface area contributed by atoms with Crippen molar-refractivity contribution < 1.29 is 18.7 Å². The summed E-state index contributed by atoms with van der Waals surface area (Å²) < 4.78 is 23.9. The van der Waals surface area contributed by atoms with Crippen LogP contribution in [0.15, 0.2) is 24.3 Å². The topological polar surface area (TPSA) is 73.3 Å². The fourth-order valence-electron chi connectivity index (χ4n) is 3.35. The Labute approximate surface area is 179 Å². The van der Waals surface area contributed by atoms with Gasteiger partial charge >= 0.3 is 0 Å². The highest BCUT2D eigenvalue weighted by Gasteiger charge is 2.30. The first-order valence-electron chi connectivity index (χ1n) is 9.55. The minimum Gasteiger partial charge on any atom is -0.480 e. The van der Waals surface area contributed by atoms with Gasteiger partial charge < -0.3 is 14.8 Å². The number of rotatable bonds is 6. The second-order valence-corrected chi connectivity index (χ2v) is 9.14. The Kier molecular flexibility index (Phi) is 6.38. The molecule has 1 atom stereocenters. The molecule has 8 heteroatoms. The van der Waals surface area contributed by atoms with Gasteiger partial charge in [0.15, 0.2) is 5.82 Å². The first-order chi connectivity index (χ1) is 14.2. The number of thiophene rings is 1. The van der Waals surface area contributed by atoms with Gasteiger partial charge in [0, 0.05) is 7.11 Å². The third-order valence-corrected chi connectivity index (χ3v) is 6.01. The van der Waals surface area contributed by atoms with Crippen LogP contribution in [0.3, 0.4) is 0 Å². The quantitative estimate of drug-likeness (QED) is 0.606. The normalized spacial score (nSPS) is 12.8. The molecule has 0 spiro atoms. The summed E-state index contributed by atoms with van der Waals surface area (Å²) in [6.07, 6.45) is 0. The number of benzene rings is 1. The molecule has 0 aliphatic carbocycles. The number of nitrogens with one attached hydrogen (secondary N) is 1. The van der Waals surface area contributed by atoms with Crippen LogP contribution in [0, 0.1) is 18.2 Å². The van der Waals surface area contributed by atoms with Gasteiger partial charge in [0.2, 0.25) is 5.88 Å². The zero-order valence-electron chi connectivity index (χ0n) is 18.0. The smallest absolute Gasteiger partial charge is 0.262 e. The van der Waals surface area contributed by atoms with E-state index in [0.717, 1.165) is 16.5 Å². The Balaban J connectivity index is 2.00. The lowest BCUT2D eigenvalue weighted by molar-refractivity contribution is 0.0905. The summed E-state index contributed by atoms with van der Waals surface area (Å²) in [7, 11) is 3.11. The van der Waals surface area contributed by atoms with Crippen LogP contribution < -0.4 is 10.1 Å². The van der Waals surface area contributed by atoms with Gasteiger partial charge in [0.25, 0.3) is 5.91 Å². The van der Waals surface area contributed by atoms with E-state index >= 15 is 0 Å². The lowest BCUT2D eigenvalue weighted by Crippen LogP contribution is -2.36. The monoisotopic (exact) mass is 431 g/mol. The summed E-state index contributed by atoms with van der Waals surface area (Å²) >= 11 is 1.29. The van der Waals surface area contributed by atoms with Gasteiger partial charge in [0.1, 0.15) is 17.3 Å². The van der Waals surface area contributed by atoms with Gasteiger partial charge in [-0.3, -0.25) is 4.79 Å². The molecule has 1 amide bonds. The molecule has 0 saturated carbocycles. The van der Waals surface area contributed by atoms with E-state index < -0.39 is 0 Å². The van der Waals surface area contributed by atoms with Crippen LogP contribution in [-0.2, 0) is 11.3 Å². The molecule has 0 fully saturated rings. The number of fused-ring (bicyclic) bond motifs is 1. The molecule has 0 radical (unpaired) electrons. The van der Waals surface area contributed by atoms with Crippen molar-refractivity contribution in [3.05, 3.63) is 51.9 Å². The number of halogens is 1. The van der Waals surface area contributed by atoms with Crippen molar-refractivity contribution in [2.24, 2.45) is 5.41 Å². The van der Waals surface area contributed by atoms with Gasteiger partial charge in [-0.15, -0.1) is 11.3 Å². The number of hydrogen-bond donors (Lipinski definition) is 1. The molecule has 3 rings (SSSR count). The maximum atomic E-state index is 13.4. The van der Waals surface area contributed by atoms with Crippen molar-refractivity contribution in [2.75, 3.05) is 14.2 Å². The van der Waals surface area contributed by atoms with Crippen molar-refractivity contribution in [2.45, 2.75) is 40.3 Å². The van der Waals surface area contributed by atoms with Crippen molar-refractivity contribution in [3.8, 4) is 5.88 Å². The van der Waals surface area contributed by atoms with Gasteiger partial charge in [-0.05, 0) is 35.6 Å². The molecular formula is C22H26FN3O3S. The number of aromatic nitrogens is 2. The third-order valence-electron chi connectivity index (χ3n) is 4.82. The number of amides is 1. The summed E-state index contributed by atoms with van der Waals surface area (Å²) in [4.78, 5) is 23.4. The fourth-order valence-corrected chi connectivity index (χ4v) is 4.45. The predicted molar refractivity (Wildman–Crippen MR) is 115 cm³/mol. The number of carbonyl (C=O) groups excluding carboxylic acids is 1. The molecule has 0 aliphatic rings. The van der Waals surface area contributed by atoms with Crippen molar-refractivity contribution >= 4 is 27.5 Å². The Hall–Kier alpha value is -2.58. The summed E-state index contributed by atoms with van der Waals surface area (Å²) in [6, 6.07) is 5.92. The van der Waals surface area contributed by atoms with E-state index in [4.69, 9.17) is 9.47 Å². The molecular weight excluding hydrogens is 405 g/mol. The summed E-state index contributed by atoms with van der Waals surface area (Å²) in [5.41, 5.74) is 1.33. The average Bonchev–Trinajstić information content (AvgIpc) is 3.02. The van der Waals surface area contributed by atoms with Crippen molar-refractivity contribution in [1.29, 1.82) is 0 Å². The number of methoxy groups -OCH3 is 2. The zero-order chi connectivity index (χ0) is 22.1. The Bertz CT molecular complexity index is 1060. The number of aryl methyl sites for hydroxylation is 1. The maximum Gasteiger partial charge on any atom is 0.262 e. The number of ether oxygens (including phenoxy) is 2. The van der Waals surface area contributed by atoms with E-state index in [1.54, 1.807) is 26.4 Å². The predicted octanol–water partition coefficient (Wildman–Crippen LogP) is 4.81. The lowest BCUT2D eigenvalue weighted by atomic mass is 9.82. The molecule has 1 unspecified atom stereocenters. The van der Waals surface area contributed by atoms with E-state index in [9.17, 15) is 9.18 Å². The molecule has 2 aromatic heterocycles. The SMILES string of the molecule is COCc1nc(OC)c2c(C)c(C(=O)NC(c3ccc(F)cc3)C(C)(C)C)sc2n1. The zero-order valence-corrected chi connectivity index (χ0v) is 18.8. The van der Waals surface area contributed by atoms with Crippen LogP contribution >= 0.6 is 11.3 Å². The molecule has 3 aromatic rings. The molecule has 30 heavy (non-hydrogen) atoms. The van der Waals surface area contributed by atoms with Gasteiger partial charge in [-0.2, -0.15) is 4.98 Å². The molecule has 2 heterocycles. The number of hydrogen-bond acceptors (Lipinski definition) is 6.